The molecule has 0 N–H and O–H groups in total. The highest BCUT2D eigenvalue weighted by Gasteiger charge is 2.03. The lowest BCUT2D eigenvalue weighted by Crippen LogP contribution is -2.01. The Bertz CT molecular complexity index is 668. The summed E-state index contributed by atoms with van der Waals surface area (Å²) < 4.78 is 3.71. The molecule has 0 radical (unpaired) electrons. The summed E-state index contributed by atoms with van der Waals surface area (Å²) in [5.74, 6) is 0. The zero-order chi connectivity index (χ0) is 13.8. The first-order chi connectivity index (χ1) is 9.79. The van der Waals surface area contributed by atoms with Crippen molar-refractivity contribution in [2.24, 2.45) is 7.05 Å². The van der Waals surface area contributed by atoms with Crippen molar-refractivity contribution in [2.75, 3.05) is 0 Å². The fourth-order valence-electron chi connectivity index (χ4n) is 2.18. The summed E-state index contributed by atoms with van der Waals surface area (Å²) in [6.45, 7) is 0.827. The van der Waals surface area contributed by atoms with Crippen LogP contribution in [-0.4, -0.2) is 24.8 Å². The van der Waals surface area contributed by atoms with E-state index in [9.17, 15) is 0 Å². The van der Waals surface area contributed by atoms with Gasteiger partial charge in [-0.2, -0.15) is 5.10 Å². The second-order valence-corrected chi connectivity index (χ2v) is 4.91. The van der Waals surface area contributed by atoms with Gasteiger partial charge in [0.15, 0.2) is 0 Å². The van der Waals surface area contributed by atoms with E-state index in [-0.39, 0.29) is 0 Å². The number of hydrogen-bond donors (Lipinski definition) is 0. The van der Waals surface area contributed by atoms with E-state index in [0.29, 0.717) is 0 Å². The molecule has 0 bridgehead atoms. The molecule has 0 aliphatic rings. The molecule has 3 aromatic rings. The average Bonchev–Trinajstić information content (AvgIpc) is 3.07. The van der Waals surface area contributed by atoms with Crippen LogP contribution in [0.4, 0.5) is 0 Å². The fourth-order valence-corrected chi connectivity index (χ4v) is 2.18. The Balaban J connectivity index is 1.59. The van der Waals surface area contributed by atoms with E-state index < -0.39 is 0 Å². The summed E-state index contributed by atoms with van der Waals surface area (Å²) in [5.41, 5.74) is 3.47. The normalized spacial score (nSPS) is 10.8. The molecule has 0 aliphatic heterocycles. The Hall–Kier alpha value is -2.43. The van der Waals surface area contributed by atoms with Gasteiger partial charge in [0, 0.05) is 32.4 Å². The second-order valence-electron chi connectivity index (χ2n) is 4.91. The van der Waals surface area contributed by atoms with E-state index in [1.54, 1.807) is 0 Å². The molecule has 20 heavy (non-hydrogen) atoms. The third-order valence-corrected chi connectivity index (χ3v) is 3.20. The molecule has 0 aliphatic carbocycles. The van der Waals surface area contributed by atoms with E-state index in [1.165, 1.54) is 11.1 Å². The van der Waals surface area contributed by atoms with Gasteiger partial charge in [-0.05, 0) is 17.5 Å². The molecule has 0 saturated heterocycles. The first-order valence-corrected chi connectivity index (χ1v) is 6.70. The summed E-state index contributed by atoms with van der Waals surface area (Å²) in [4.78, 5) is 0. The molecular formula is C15H17N5. The summed E-state index contributed by atoms with van der Waals surface area (Å²) >= 11 is 0. The SMILES string of the molecule is Cn1cc(CCn2cc(Cc3ccccc3)nn2)cn1. The number of aromatic nitrogens is 5. The molecule has 0 saturated carbocycles. The molecule has 5 nitrogen and oxygen atoms in total. The van der Waals surface area contributed by atoms with Gasteiger partial charge in [0.05, 0.1) is 11.9 Å². The van der Waals surface area contributed by atoms with E-state index in [2.05, 4.69) is 27.5 Å². The van der Waals surface area contributed by atoms with Crippen molar-refractivity contribution < 1.29 is 0 Å². The van der Waals surface area contributed by atoms with Crippen molar-refractivity contribution in [1.29, 1.82) is 0 Å². The van der Waals surface area contributed by atoms with Crippen molar-refractivity contribution >= 4 is 0 Å². The highest BCUT2D eigenvalue weighted by atomic mass is 15.4. The van der Waals surface area contributed by atoms with E-state index in [0.717, 1.165) is 25.1 Å². The number of rotatable bonds is 5. The number of benzene rings is 1. The van der Waals surface area contributed by atoms with Crippen LogP contribution in [0.25, 0.3) is 0 Å². The predicted octanol–water partition coefficient (Wildman–Crippen LogP) is 1.85. The van der Waals surface area contributed by atoms with Crippen molar-refractivity contribution in [2.45, 2.75) is 19.4 Å². The zero-order valence-corrected chi connectivity index (χ0v) is 11.5. The van der Waals surface area contributed by atoms with Crippen LogP contribution in [0.3, 0.4) is 0 Å². The van der Waals surface area contributed by atoms with Crippen LogP contribution < -0.4 is 0 Å². The molecule has 1 aromatic carbocycles. The Morgan fingerprint density at radius 2 is 1.90 bits per heavy atom. The minimum atomic E-state index is 0.827. The molecule has 0 unspecified atom stereocenters. The highest BCUT2D eigenvalue weighted by molar-refractivity contribution is 5.19. The lowest BCUT2D eigenvalue weighted by molar-refractivity contribution is 0.589. The largest absolute Gasteiger partial charge is 0.276 e. The van der Waals surface area contributed by atoms with Gasteiger partial charge in [0.1, 0.15) is 0 Å². The third kappa shape index (κ3) is 3.12. The number of nitrogens with zero attached hydrogens (tertiary/aromatic N) is 5. The quantitative estimate of drug-likeness (QED) is 0.708. The zero-order valence-electron chi connectivity index (χ0n) is 11.5. The highest BCUT2D eigenvalue weighted by Crippen LogP contribution is 2.06. The molecule has 2 aromatic heterocycles. The van der Waals surface area contributed by atoms with Gasteiger partial charge < -0.3 is 0 Å². The summed E-state index contributed by atoms with van der Waals surface area (Å²) in [7, 11) is 1.93. The van der Waals surface area contributed by atoms with E-state index in [1.807, 2.05) is 53.2 Å². The second kappa shape index (κ2) is 5.69. The maximum atomic E-state index is 4.22. The maximum absolute atomic E-state index is 4.22. The van der Waals surface area contributed by atoms with Gasteiger partial charge in [-0.3, -0.25) is 9.36 Å². The molecule has 2 heterocycles. The molecule has 0 fully saturated rings. The molecule has 102 valence electrons. The summed E-state index contributed by atoms with van der Waals surface area (Å²) in [6, 6.07) is 10.3. The van der Waals surface area contributed by atoms with Crippen LogP contribution in [-0.2, 0) is 26.4 Å². The molecule has 3 rings (SSSR count). The van der Waals surface area contributed by atoms with Crippen molar-refractivity contribution in [3.05, 3.63) is 65.7 Å². The lowest BCUT2D eigenvalue weighted by atomic mass is 10.1. The lowest BCUT2D eigenvalue weighted by Gasteiger charge is -1.97. The van der Waals surface area contributed by atoms with Crippen LogP contribution in [0.1, 0.15) is 16.8 Å². The van der Waals surface area contributed by atoms with Crippen LogP contribution >= 0.6 is 0 Å². The standard InChI is InChI=1S/C15H17N5/c1-19-11-14(10-16-19)7-8-20-12-15(17-18-20)9-13-5-3-2-4-6-13/h2-6,10-12H,7-9H2,1H3. The van der Waals surface area contributed by atoms with Crippen molar-refractivity contribution in [3.8, 4) is 0 Å². The summed E-state index contributed by atoms with van der Waals surface area (Å²) in [5, 5.41) is 12.6. The maximum Gasteiger partial charge on any atom is 0.0870 e. The fraction of sp³-hybridized carbons (Fsp3) is 0.267. The van der Waals surface area contributed by atoms with Gasteiger partial charge in [-0.15, -0.1) is 5.10 Å². The number of aryl methyl sites for hydroxylation is 3. The van der Waals surface area contributed by atoms with E-state index >= 15 is 0 Å². The summed E-state index contributed by atoms with van der Waals surface area (Å²) in [6.07, 6.45) is 7.68. The average molecular weight is 267 g/mol. The van der Waals surface area contributed by atoms with Gasteiger partial charge in [0.25, 0.3) is 0 Å². The molecule has 0 atom stereocenters. The van der Waals surface area contributed by atoms with Crippen molar-refractivity contribution in [1.82, 2.24) is 24.8 Å². The van der Waals surface area contributed by atoms with Crippen LogP contribution in [0.2, 0.25) is 0 Å². The van der Waals surface area contributed by atoms with Crippen molar-refractivity contribution in [3.63, 3.8) is 0 Å². The topological polar surface area (TPSA) is 48.5 Å². The molecule has 5 heteroatoms. The first kappa shape index (κ1) is 12.6. The van der Waals surface area contributed by atoms with Crippen LogP contribution in [0.5, 0.6) is 0 Å². The predicted molar refractivity (Wildman–Crippen MR) is 76.2 cm³/mol. The van der Waals surface area contributed by atoms with Gasteiger partial charge >= 0.3 is 0 Å². The van der Waals surface area contributed by atoms with Crippen LogP contribution in [0.15, 0.2) is 48.9 Å². The number of hydrogen-bond acceptors (Lipinski definition) is 3. The Morgan fingerprint density at radius 3 is 2.65 bits per heavy atom. The smallest absolute Gasteiger partial charge is 0.0870 e. The van der Waals surface area contributed by atoms with Gasteiger partial charge in [-0.25, -0.2) is 0 Å². The Kier molecular flexibility index (Phi) is 3.58. The van der Waals surface area contributed by atoms with Gasteiger partial charge in [-0.1, -0.05) is 35.5 Å². The van der Waals surface area contributed by atoms with Crippen LogP contribution in [0, 0.1) is 0 Å². The Morgan fingerprint density at radius 1 is 1.05 bits per heavy atom. The first-order valence-electron chi connectivity index (χ1n) is 6.70. The third-order valence-electron chi connectivity index (χ3n) is 3.20. The molecular weight excluding hydrogens is 250 g/mol. The minimum absolute atomic E-state index is 0.827. The molecule has 0 spiro atoms. The van der Waals surface area contributed by atoms with Gasteiger partial charge in [0.2, 0.25) is 0 Å². The Labute approximate surface area is 117 Å². The van der Waals surface area contributed by atoms with E-state index in [4.69, 9.17) is 0 Å². The molecule has 0 amide bonds. The monoisotopic (exact) mass is 267 g/mol. The minimum Gasteiger partial charge on any atom is -0.276 e.